The summed E-state index contributed by atoms with van der Waals surface area (Å²) < 4.78 is 13.2. The minimum absolute atomic E-state index is 0.669. The molecule has 0 aliphatic carbocycles. The van der Waals surface area contributed by atoms with E-state index in [1.54, 1.807) is 0 Å². The van der Waals surface area contributed by atoms with Gasteiger partial charge >= 0.3 is 0 Å². The summed E-state index contributed by atoms with van der Waals surface area (Å²) >= 11 is 0. The number of nitrogens with zero attached hydrogens (tertiary/aromatic N) is 2. The first kappa shape index (κ1) is 13.4. The minimum atomic E-state index is -0.669. The Morgan fingerprint density at radius 1 is 1.50 bits per heavy atom. The minimum Gasteiger partial charge on any atom is -0.310 e. The zero-order valence-corrected chi connectivity index (χ0v) is 10.9. The van der Waals surface area contributed by atoms with Crippen molar-refractivity contribution >= 4 is 10.8 Å². The first-order valence-electron chi connectivity index (χ1n) is 5.84. The van der Waals surface area contributed by atoms with E-state index in [-0.39, 0.29) is 0 Å². The number of hydrogen-bond donors (Lipinski definition) is 1. The van der Waals surface area contributed by atoms with Gasteiger partial charge in [0.2, 0.25) is 0 Å². The second-order valence-corrected chi connectivity index (χ2v) is 5.52. The average molecular weight is 243 g/mol. The molecule has 1 unspecified atom stereocenters. The molecule has 0 aromatic carbocycles. The van der Waals surface area contributed by atoms with E-state index < -0.39 is 10.8 Å². The highest BCUT2D eigenvalue weighted by atomic mass is 32.2. The fraction of sp³-hybridized carbons (Fsp3) is 0.727. The van der Waals surface area contributed by atoms with Crippen LogP contribution in [0.3, 0.4) is 0 Å². The third-order valence-corrected chi connectivity index (χ3v) is 3.68. The normalized spacial score (nSPS) is 12.9. The fourth-order valence-electron chi connectivity index (χ4n) is 1.47. The molecule has 0 fully saturated rings. The molecule has 0 spiro atoms. The van der Waals surface area contributed by atoms with Gasteiger partial charge in [0, 0.05) is 48.1 Å². The molecule has 1 heterocycles. The maximum absolute atomic E-state index is 11.2. The lowest BCUT2D eigenvalue weighted by molar-refractivity contribution is 0.554. The van der Waals surface area contributed by atoms with E-state index in [0.717, 1.165) is 37.6 Å². The van der Waals surface area contributed by atoms with E-state index in [4.69, 9.17) is 0 Å². The highest BCUT2D eigenvalue weighted by Crippen LogP contribution is 1.99. The summed E-state index contributed by atoms with van der Waals surface area (Å²) in [7, 11) is -0.669. The fourth-order valence-corrected chi connectivity index (χ4v) is 2.13. The predicted molar refractivity (Wildman–Crippen MR) is 67.8 cm³/mol. The van der Waals surface area contributed by atoms with Crippen LogP contribution in [-0.4, -0.2) is 32.0 Å². The van der Waals surface area contributed by atoms with Gasteiger partial charge in [0.05, 0.1) is 5.69 Å². The lowest BCUT2D eigenvalue weighted by Crippen LogP contribution is -2.22. The van der Waals surface area contributed by atoms with Gasteiger partial charge in [0.1, 0.15) is 0 Å². The second-order valence-electron chi connectivity index (χ2n) is 3.66. The molecule has 4 nitrogen and oxygen atoms in total. The van der Waals surface area contributed by atoms with Crippen LogP contribution in [0, 0.1) is 0 Å². The van der Waals surface area contributed by atoms with Crippen molar-refractivity contribution < 1.29 is 4.21 Å². The van der Waals surface area contributed by atoms with E-state index in [1.165, 1.54) is 5.69 Å². The van der Waals surface area contributed by atoms with Crippen LogP contribution in [-0.2, 0) is 23.9 Å². The van der Waals surface area contributed by atoms with Crippen molar-refractivity contribution in [3.63, 3.8) is 0 Å². The standard InChI is InChI=1S/C11H21N3OS/c1-3-8-14-11(5-6-13-14)10-12-7-9-16(15)4-2/h5-6,12H,3-4,7-10H2,1-2H3. The molecule has 92 valence electrons. The van der Waals surface area contributed by atoms with Crippen LogP contribution in [0.2, 0.25) is 0 Å². The summed E-state index contributed by atoms with van der Waals surface area (Å²) in [5.74, 6) is 1.48. The molecule has 1 rings (SSSR count). The van der Waals surface area contributed by atoms with Gasteiger partial charge in [-0.05, 0) is 12.5 Å². The SMILES string of the molecule is CCCn1nccc1CNCCS(=O)CC. The van der Waals surface area contributed by atoms with Crippen molar-refractivity contribution in [1.82, 2.24) is 15.1 Å². The average Bonchev–Trinajstić information content (AvgIpc) is 2.72. The van der Waals surface area contributed by atoms with Crippen LogP contribution in [0.1, 0.15) is 26.0 Å². The van der Waals surface area contributed by atoms with Crippen molar-refractivity contribution in [3.05, 3.63) is 18.0 Å². The molecule has 0 bridgehead atoms. The van der Waals surface area contributed by atoms with Crippen LogP contribution in [0.5, 0.6) is 0 Å². The Hall–Kier alpha value is -0.680. The van der Waals surface area contributed by atoms with Crippen molar-refractivity contribution in [2.75, 3.05) is 18.1 Å². The summed E-state index contributed by atoms with van der Waals surface area (Å²) in [5.41, 5.74) is 1.20. The monoisotopic (exact) mass is 243 g/mol. The molecular formula is C11H21N3OS. The first-order valence-corrected chi connectivity index (χ1v) is 7.33. The van der Waals surface area contributed by atoms with E-state index in [2.05, 4.69) is 17.3 Å². The van der Waals surface area contributed by atoms with Crippen molar-refractivity contribution in [1.29, 1.82) is 0 Å². The Morgan fingerprint density at radius 2 is 2.31 bits per heavy atom. The van der Waals surface area contributed by atoms with E-state index in [1.807, 2.05) is 23.9 Å². The summed E-state index contributed by atoms with van der Waals surface area (Å²) in [6, 6.07) is 2.03. The van der Waals surface area contributed by atoms with Crippen molar-refractivity contribution in [2.45, 2.75) is 33.4 Å². The zero-order chi connectivity index (χ0) is 11.8. The number of hydrogen-bond acceptors (Lipinski definition) is 3. The molecule has 0 amide bonds. The predicted octanol–water partition coefficient (Wildman–Crippen LogP) is 1.15. The highest BCUT2D eigenvalue weighted by Gasteiger charge is 2.01. The van der Waals surface area contributed by atoms with Crippen molar-refractivity contribution in [3.8, 4) is 0 Å². The molecule has 1 atom stereocenters. The molecule has 0 aliphatic rings. The largest absolute Gasteiger partial charge is 0.310 e. The van der Waals surface area contributed by atoms with Gasteiger partial charge < -0.3 is 5.32 Å². The third-order valence-electron chi connectivity index (χ3n) is 2.37. The summed E-state index contributed by atoms with van der Waals surface area (Å²) in [6.45, 7) is 6.67. The van der Waals surface area contributed by atoms with Crippen LogP contribution >= 0.6 is 0 Å². The van der Waals surface area contributed by atoms with Gasteiger partial charge in [0.25, 0.3) is 0 Å². The molecule has 0 radical (unpaired) electrons. The topological polar surface area (TPSA) is 46.9 Å². The molecule has 1 aromatic heterocycles. The Morgan fingerprint density at radius 3 is 3.00 bits per heavy atom. The number of aryl methyl sites for hydroxylation is 1. The molecule has 0 saturated carbocycles. The van der Waals surface area contributed by atoms with Crippen molar-refractivity contribution in [2.24, 2.45) is 0 Å². The van der Waals surface area contributed by atoms with Gasteiger partial charge in [-0.2, -0.15) is 5.10 Å². The second kappa shape index (κ2) is 7.57. The molecule has 1 aromatic rings. The molecule has 0 saturated heterocycles. The van der Waals surface area contributed by atoms with Gasteiger partial charge in [-0.15, -0.1) is 0 Å². The molecule has 1 N–H and O–H groups in total. The number of aromatic nitrogens is 2. The zero-order valence-electron chi connectivity index (χ0n) is 10.1. The van der Waals surface area contributed by atoms with Gasteiger partial charge in [-0.25, -0.2) is 0 Å². The van der Waals surface area contributed by atoms with Gasteiger partial charge in [-0.3, -0.25) is 8.89 Å². The quantitative estimate of drug-likeness (QED) is 0.697. The maximum Gasteiger partial charge on any atom is 0.0522 e. The lowest BCUT2D eigenvalue weighted by atomic mass is 10.4. The third kappa shape index (κ3) is 4.45. The Bertz CT molecular complexity index is 325. The lowest BCUT2D eigenvalue weighted by Gasteiger charge is -2.07. The number of rotatable bonds is 8. The summed E-state index contributed by atoms with van der Waals surface area (Å²) in [6.07, 6.45) is 2.92. The van der Waals surface area contributed by atoms with Crippen LogP contribution in [0.15, 0.2) is 12.3 Å². The Balaban J connectivity index is 2.26. The molecular weight excluding hydrogens is 222 g/mol. The van der Waals surface area contributed by atoms with Crippen LogP contribution in [0.4, 0.5) is 0 Å². The number of nitrogens with one attached hydrogen (secondary N) is 1. The van der Waals surface area contributed by atoms with Gasteiger partial charge in [-0.1, -0.05) is 13.8 Å². The maximum atomic E-state index is 11.2. The first-order chi connectivity index (χ1) is 7.77. The smallest absolute Gasteiger partial charge is 0.0522 e. The Kier molecular flexibility index (Phi) is 6.33. The molecule has 5 heteroatoms. The van der Waals surface area contributed by atoms with E-state index in [0.29, 0.717) is 0 Å². The summed E-state index contributed by atoms with van der Waals surface area (Å²) in [4.78, 5) is 0. The van der Waals surface area contributed by atoms with Crippen LogP contribution < -0.4 is 5.32 Å². The van der Waals surface area contributed by atoms with Gasteiger partial charge in [0.15, 0.2) is 0 Å². The van der Waals surface area contributed by atoms with Crippen LogP contribution in [0.25, 0.3) is 0 Å². The van der Waals surface area contributed by atoms with E-state index >= 15 is 0 Å². The van der Waals surface area contributed by atoms with E-state index in [9.17, 15) is 4.21 Å². The molecule has 16 heavy (non-hydrogen) atoms. The molecule has 0 aliphatic heterocycles. The summed E-state index contributed by atoms with van der Waals surface area (Å²) in [5, 5.41) is 7.55. The highest BCUT2D eigenvalue weighted by molar-refractivity contribution is 7.84. The Labute approximate surface area is 99.9 Å².